The van der Waals surface area contributed by atoms with E-state index in [1.807, 2.05) is 0 Å². The number of amides is 1. The van der Waals surface area contributed by atoms with Gasteiger partial charge in [-0.2, -0.15) is 5.10 Å². The zero-order valence-electron chi connectivity index (χ0n) is 22.2. The Morgan fingerprint density at radius 3 is 2.51 bits per heavy atom. The van der Waals surface area contributed by atoms with E-state index in [4.69, 9.17) is 9.47 Å². The van der Waals surface area contributed by atoms with Gasteiger partial charge in [-0.15, -0.1) is 5.10 Å². The number of aromatic nitrogens is 3. The molecule has 2 aromatic heterocycles. The second kappa shape index (κ2) is 10.9. The summed E-state index contributed by atoms with van der Waals surface area (Å²) in [5.74, 6) is -0.835. The molecule has 3 heterocycles. The molecule has 2 N–H and O–H groups in total. The number of hydrogen-bond donors (Lipinski definition) is 2. The average molecular weight is 571 g/mol. The summed E-state index contributed by atoms with van der Waals surface area (Å²) in [6.07, 6.45) is 0. The lowest BCUT2D eigenvalue weighted by atomic mass is 9.83. The Morgan fingerprint density at radius 2 is 1.85 bits per heavy atom. The fraction of sp³-hybridized carbons (Fsp3) is 0.310. The topological polar surface area (TPSA) is 106 Å². The molecule has 0 saturated carbocycles. The predicted molar refractivity (Wildman–Crippen MR) is 142 cm³/mol. The number of aryl methyl sites for hydroxylation is 1. The van der Waals surface area contributed by atoms with Gasteiger partial charge in [0.2, 0.25) is 0 Å². The van der Waals surface area contributed by atoms with Gasteiger partial charge in [-0.05, 0) is 55.5 Å². The Kier molecular flexibility index (Phi) is 7.52. The van der Waals surface area contributed by atoms with Crippen molar-refractivity contribution in [3.8, 4) is 22.8 Å². The quantitative estimate of drug-likeness (QED) is 0.289. The number of nitrogens with one attached hydrogen (secondary N) is 1. The van der Waals surface area contributed by atoms with Crippen molar-refractivity contribution in [2.24, 2.45) is 0 Å². The van der Waals surface area contributed by atoms with Crippen LogP contribution in [0.4, 0.5) is 17.6 Å². The summed E-state index contributed by atoms with van der Waals surface area (Å²) in [7, 11) is 1.41. The summed E-state index contributed by atoms with van der Waals surface area (Å²) in [4.78, 5) is 17.5. The van der Waals surface area contributed by atoms with Crippen LogP contribution < -0.4 is 14.8 Å². The molecule has 12 heteroatoms. The van der Waals surface area contributed by atoms with Crippen LogP contribution in [0, 0.1) is 12.7 Å². The van der Waals surface area contributed by atoms with Crippen molar-refractivity contribution < 1.29 is 36.9 Å². The molecule has 8 nitrogen and oxygen atoms in total. The van der Waals surface area contributed by atoms with Gasteiger partial charge in [-0.1, -0.05) is 0 Å². The van der Waals surface area contributed by atoms with Gasteiger partial charge in [-0.25, -0.2) is 22.5 Å². The highest BCUT2D eigenvalue weighted by Gasteiger charge is 2.45. The number of ether oxygens (including phenoxy) is 2. The molecule has 0 aliphatic carbocycles. The maximum atomic E-state index is 14.5. The lowest BCUT2D eigenvalue weighted by Crippen LogP contribution is -2.43. The number of alkyl halides is 3. The standard InChI is InChI=1S/C29H26F4N4O4/c1-16-7-18-8-19(9-22(40-2)24(18)37-36-16)27(38)34-14-29(39,13-32)23-10-21-26(41-15-28(21,11-30)12-31)25(35-23)17-3-5-20(33)6-4-17/h3-10,39H,11-15H2,1-2H3,(H,34,38). The summed E-state index contributed by atoms with van der Waals surface area (Å²) >= 11 is 0. The number of methoxy groups -OCH3 is 1. The first-order valence-corrected chi connectivity index (χ1v) is 12.6. The first-order chi connectivity index (χ1) is 19.7. The van der Waals surface area contributed by atoms with Crippen molar-refractivity contribution in [2.75, 3.05) is 40.3 Å². The number of nitrogens with zero attached hydrogens (tertiary/aromatic N) is 3. The van der Waals surface area contributed by atoms with Crippen LogP contribution in [0.1, 0.15) is 27.3 Å². The van der Waals surface area contributed by atoms with Crippen LogP contribution in [0.3, 0.4) is 0 Å². The minimum absolute atomic E-state index is 0.0511. The van der Waals surface area contributed by atoms with E-state index in [0.717, 1.165) is 12.1 Å². The molecule has 1 unspecified atom stereocenters. The average Bonchev–Trinajstić information content (AvgIpc) is 3.38. The molecule has 1 amide bonds. The van der Waals surface area contributed by atoms with Gasteiger partial charge in [0, 0.05) is 22.1 Å². The number of halogens is 4. The zero-order valence-corrected chi connectivity index (χ0v) is 22.2. The molecule has 1 aliphatic heterocycles. The van der Waals surface area contributed by atoms with E-state index in [0.29, 0.717) is 27.9 Å². The third-order valence-electron chi connectivity index (χ3n) is 7.16. The molecule has 1 atom stereocenters. The maximum Gasteiger partial charge on any atom is 0.251 e. The smallest absolute Gasteiger partial charge is 0.251 e. The maximum absolute atomic E-state index is 14.5. The van der Waals surface area contributed by atoms with Crippen LogP contribution in [0.2, 0.25) is 0 Å². The van der Waals surface area contributed by atoms with Crippen molar-refractivity contribution >= 4 is 16.8 Å². The van der Waals surface area contributed by atoms with Crippen molar-refractivity contribution in [3.63, 3.8) is 0 Å². The van der Waals surface area contributed by atoms with Crippen LogP contribution >= 0.6 is 0 Å². The number of fused-ring (bicyclic) bond motifs is 2. The molecule has 0 saturated heterocycles. The molecule has 0 radical (unpaired) electrons. The molecule has 2 aromatic carbocycles. The lowest BCUT2D eigenvalue weighted by Gasteiger charge is -2.27. The number of hydrogen-bond acceptors (Lipinski definition) is 7. The SMILES string of the molecule is COc1cc(C(=O)NCC(O)(CF)c2cc3c(c(-c4ccc(F)cc4)n2)OCC3(CF)CF)cc2cc(C)nnc12. The Morgan fingerprint density at radius 1 is 1.12 bits per heavy atom. The van der Waals surface area contributed by atoms with Crippen molar-refractivity contribution in [3.05, 3.63) is 76.9 Å². The minimum atomic E-state index is -2.39. The van der Waals surface area contributed by atoms with Crippen LogP contribution in [-0.4, -0.2) is 66.5 Å². The Bertz CT molecular complexity index is 1620. The summed E-state index contributed by atoms with van der Waals surface area (Å²) in [5, 5.41) is 22.6. The Hall–Kier alpha value is -4.32. The number of benzene rings is 2. The van der Waals surface area contributed by atoms with E-state index in [2.05, 4.69) is 20.5 Å². The first kappa shape index (κ1) is 28.2. The number of aliphatic hydroxyl groups is 1. The van der Waals surface area contributed by atoms with E-state index < -0.39 is 49.3 Å². The molecule has 41 heavy (non-hydrogen) atoms. The van der Waals surface area contributed by atoms with Crippen LogP contribution in [0.5, 0.6) is 11.5 Å². The predicted octanol–water partition coefficient (Wildman–Crippen LogP) is 4.30. The van der Waals surface area contributed by atoms with Crippen LogP contribution in [-0.2, 0) is 11.0 Å². The van der Waals surface area contributed by atoms with E-state index in [9.17, 15) is 27.5 Å². The molecule has 214 valence electrons. The van der Waals surface area contributed by atoms with Gasteiger partial charge >= 0.3 is 0 Å². The summed E-state index contributed by atoms with van der Waals surface area (Å²) < 4.78 is 67.5. The van der Waals surface area contributed by atoms with E-state index in [1.165, 1.54) is 31.4 Å². The zero-order chi connectivity index (χ0) is 29.4. The van der Waals surface area contributed by atoms with E-state index in [-0.39, 0.29) is 34.9 Å². The van der Waals surface area contributed by atoms with Gasteiger partial charge in [0.05, 0.1) is 30.5 Å². The largest absolute Gasteiger partial charge is 0.494 e. The van der Waals surface area contributed by atoms with Crippen LogP contribution in [0.15, 0.2) is 48.5 Å². The molecule has 1 aliphatic rings. The lowest BCUT2D eigenvalue weighted by molar-refractivity contribution is 0.00796. The van der Waals surface area contributed by atoms with Crippen LogP contribution in [0.25, 0.3) is 22.2 Å². The molecule has 5 rings (SSSR count). The second-order valence-electron chi connectivity index (χ2n) is 10.0. The molecule has 0 spiro atoms. The van der Waals surface area contributed by atoms with Gasteiger partial charge < -0.3 is 19.9 Å². The first-order valence-electron chi connectivity index (χ1n) is 12.6. The molecule has 4 aromatic rings. The second-order valence-corrected chi connectivity index (χ2v) is 10.0. The summed E-state index contributed by atoms with van der Waals surface area (Å²) in [6.45, 7) is -2.88. The summed E-state index contributed by atoms with van der Waals surface area (Å²) in [5.41, 5.74) is -2.71. The highest BCUT2D eigenvalue weighted by Crippen LogP contribution is 2.46. The fourth-order valence-corrected chi connectivity index (χ4v) is 4.71. The summed E-state index contributed by atoms with van der Waals surface area (Å²) in [6, 6.07) is 11.0. The van der Waals surface area contributed by atoms with E-state index in [1.54, 1.807) is 19.1 Å². The monoisotopic (exact) mass is 570 g/mol. The highest BCUT2D eigenvalue weighted by atomic mass is 19.1. The Balaban J connectivity index is 1.52. The van der Waals surface area contributed by atoms with Crippen molar-refractivity contribution in [1.29, 1.82) is 0 Å². The van der Waals surface area contributed by atoms with Gasteiger partial charge in [0.25, 0.3) is 5.91 Å². The third kappa shape index (κ3) is 5.03. The molecule has 0 bridgehead atoms. The third-order valence-corrected chi connectivity index (χ3v) is 7.16. The van der Waals surface area contributed by atoms with E-state index >= 15 is 0 Å². The number of rotatable bonds is 9. The van der Waals surface area contributed by atoms with Gasteiger partial charge in [0.1, 0.15) is 55.2 Å². The van der Waals surface area contributed by atoms with Gasteiger partial charge in [0.15, 0.2) is 5.60 Å². The number of pyridine rings is 1. The Labute approximate surface area is 232 Å². The van der Waals surface area contributed by atoms with Crippen molar-refractivity contribution in [1.82, 2.24) is 20.5 Å². The van der Waals surface area contributed by atoms with Crippen molar-refractivity contribution in [2.45, 2.75) is 17.9 Å². The minimum Gasteiger partial charge on any atom is -0.494 e. The highest BCUT2D eigenvalue weighted by molar-refractivity contribution is 5.99. The number of carbonyl (C=O) groups excluding carboxylic acids is 1. The molecule has 0 fully saturated rings. The molecular formula is C29H26F4N4O4. The molecular weight excluding hydrogens is 544 g/mol. The van der Waals surface area contributed by atoms with Gasteiger partial charge in [-0.3, -0.25) is 4.79 Å². The fourth-order valence-electron chi connectivity index (χ4n) is 4.71. The number of carbonyl (C=O) groups is 1. The normalized spacial score (nSPS) is 15.2.